The van der Waals surface area contributed by atoms with Crippen LogP contribution in [0, 0.1) is 6.92 Å². The van der Waals surface area contributed by atoms with Crippen molar-refractivity contribution in [1.82, 2.24) is 0 Å². The van der Waals surface area contributed by atoms with Gasteiger partial charge in [-0.25, -0.2) is 0 Å². The Kier molecular flexibility index (Phi) is 3.08. The average Bonchev–Trinajstić information content (AvgIpc) is 2.57. The molecule has 108 valence electrons. The van der Waals surface area contributed by atoms with Crippen LogP contribution in [0.3, 0.4) is 0 Å². The van der Waals surface area contributed by atoms with E-state index in [9.17, 15) is 0 Å². The highest BCUT2D eigenvalue weighted by Gasteiger charge is 2.16. The first-order valence-corrected chi connectivity index (χ1v) is 7.49. The zero-order valence-corrected chi connectivity index (χ0v) is 12.4. The highest BCUT2D eigenvalue weighted by atomic mass is 16.5. The van der Waals surface area contributed by atoms with Crippen molar-refractivity contribution in [3.63, 3.8) is 0 Å². The fourth-order valence-corrected chi connectivity index (χ4v) is 2.80. The first-order chi connectivity index (χ1) is 10.8. The average molecular weight is 287 g/mol. The molecule has 0 spiro atoms. The van der Waals surface area contributed by atoms with Gasteiger partial charge in [0.2, 0.25) is 0 Å². The van der Waals surface area contributed by atoms with Crippen molar-refractivity contribution in [3.05, 3.63) is 77.9 Å². The molecule has 3 aromatic carbocycles. The van der Waals surface area contributed by atoms with Crippen LogP contribution in [0.4, 0.5) is 5.69 Å². The summed E-state index contributed by atoms with van der Waals surface area (Å²) in [6, 6.07) is 20.9. The fourth-order valence-electron chi connectivity index (χ4n) is 2.80. The van der Waals surface area contributed by atoms with E-state index in [0.29, 0.717) is 0 Å². The van der Waals surface area contributed by atoms with E-state index in [1.807, 2.05) is 6.07 Å². The third kappa shape index (κ3) is 2.33. The molecule has 1 heterocycles. The van der Waals surface area contributed by atoms with Crippen molar-refractivity contribution in [2.24, 2.45) is 0 Å². The zero-order valence-electron chi connectivity index (χ0n) is 12.4. The lowest BCUT2D eigenvalue weighted by Crippen LogP contribution is -2.26. The Morgan fingerprint density at radius 3 is 2.59 bits per heavy atom. The molecule has 1 atom stereocenters. The van der Waals surface area contributed by atoms with Gasteiger partial charge >= 0.3 is 0 Å². The Labute approximate surface area is 130 Å². The van der Waals surface area contributed by atoms with Gasteiger partial charge in [-0.05, 0) is 48.0 Å². The summed E-state index contributed by atoms with van der Waals surface area (Å²) in [6.07, 6.45) is 4.07. The van der Waals surface area contributed by atoms with Crippen LogP contribution in [0.15, 0.2) is 66.7 Å². The standard InChI is InChI=1S/C20H17NO/c1-14-6-9-16(10-7-14)21-20-13-11-18-17-5-3-2-4-15(17)8-12-19(18)22-20/h2-13,20-21H,1H3. The molecule has 0 fully saturated rings. The van der Waals surface area contributed by atoms with Crippen LogP contribution in [0.5, 0.6) is 5.75 Å². The quantitative estimate of drug-likeness (QED) is 0.716. The second kappa shape index (κ2) is 5.23. The van der Waals surface area contributed by atoms with Gasteiger partial charge in [-0.2, -0.15) is 0 Å². The molecule has 3 aromatic rings. The normalized spacial score (nSPS) is 16.1. The topological polar surface area (TPSA) is 21.3 Å². The Morgan fingerprint density at radius 1 is 0.909 bits per heavy atom. The molecule has 2 nitrogen and oxygen atoms in total. The van der Waals surface area contributed by atoms with Gasteiger partial charge in [0, 0.05) is 11.3 Å². The van der Waals surface area contributed by atoms with E-state index in [-0.39, 0.29) is 6.23 Å². The fraction of sp³-hybridized carbons (Fsp3) is 0.100. The number of ether oxygens (including phenoxy) is 1. The van der Waals surface area contributed by atoms with Crippen LogP contribution < -0.4 is 10.1 Å². The summed E-state index contributed by atoms with van der Waals surface area (Å²) < 4.78 is 6.08. The summed E-state index contributed by atoms with van der Waals surface area (Å²) in [4.78, 5) is 0. The smallest absolute Gasteiger partial charge is 0.189 e. The summed E-state index contributed by atoms with van der Waals surface area (Å²) in [5.74, 6) is 0.922. The second-order valence-electron chi connectivity index (χ2n) is 5.61. The first-order valence-electron chi connectivity index (χ1n) is 7.49. The van der Waals surface area contributed by atoms with Crippen LogP contribution >= 0.6 is 0 Å². The predicted molar refractivity (Wildman–Crippen MR) is 92.2 cm³/mol. The van der Waals surface area contributed by atoms with Gasteiger partial charge in [-0.1, -0.05) is 48.0 Å². The number of rotatable bonds is 2. The highest BCUT2D eigenvalue weighted by molar-refractivity contribution is 5.93. The maximum atomic E-state index is 6.08. The number of hydrogen-bond donors (Lipinski definition) is 1. The molecular formula is C20H17NO. The minimum Gasteiger partial charge on any atom is -0.466 e. The third-order valence-corrected chi connectivity index (χ3v) is 3.98. The number of benzene rings is 3. The molecule has 1 N–H and O–H groups in total. The van der Waals surface area contributed by atoms with Gasteiger partial charge in [0.15, 0.2) is 6.23 Å². The first kappa shape index (κ1) is 13.0. The molecular weight excluding hydrogens is 270 g/mol. The molecule has 0 aliphatic carbocycles. The van der Waals surface area contributed by atoms with Gasteiger partial charge in [-0.3, -0.25) is 0 Å². The van der Waals surface area contributed by atoms with Crippen molar-refractivity contribution in [1.29, 1.82) is 0 Å². The molecule has 22 heavy (non-hydrogen) atoms. The molecule has 1 aliphatic rings. The van der Waals surface area contributed by atoms with Crippen molar-refractivity contribution in [2.45, 2.75) is 13.2 Å². The van der Waals surface area contributed by atoms with Gasteiger partial charge in [-0.15, -0.1) is 0 Å². The van der Waals surface area contributed by atoms with Crippen LogP contribution in [-0.2, 0) is 0 Å². The molecule has 0 bridgehead atoms. The summed E-state index contributed by atoms with van der Waals surface area (Å²) in [6.45, 7) is 2.09. The summed E-state index contributed by atoms with van der Waals surface area (Å²) in [7, 11) is 0. The van der Waals surface area contributed by atoms with E-state index in [4.69, 9.17) is 4.74 Å². The van der Waals surface area contributed by atoms with Gasteiger partial charge in [0.1, 0.15) is 5.75 Å². The molecule has 1 unspecified atom stereocenters. The molecule has 4 rings (SSSR count). The van der Waals surface area contributed by atoms with Gasteiger partial charge in [0.25, 0.3) is 0 Å². The summed E-state index contributed by atoms with van der Waals surface area (Å²) >= 11 is 0. The molecule has 1 aliphatic heterocycles. The highest BCUT2D eigenvalue weighted by Crippen LogP contribution is 2.33. The van der Waals surface area contributed by atoms with Gasteiger partial charge < -0.3 is 10.1 Å². The molecule has 0 radical (unpaired) electrons. The minimum absolute atomic E-state index is 0.142. The Morgan fingerprint density at radius 2 is 1.73 bits per heavy atom. The monoisotopic (exact) mass is 287 g/mol. The Balaban J connectivity index is 1.63. The van der Waals surface area contributed by atoms with Crippen LogP contribution in [-0.4, -0.2) is 6.23 Å². The predicted octanol–water partition coefficient (Wildman–Crippen LogP) is 4.99. The number of nitrogens with one attached hydrogen (secondary N) is 1. The summed E-state index contributed by atoms with van der Waals surface area (Å²) in [5, 5.41) is 5.85. The lowest BCUT2D eigenvalue weighted by atomic mass is 10.0. The Hall–Kier alpha value is -2.74. The second-order valence-corrected chi connectivity index (χ2v) is 5.61. The van der Waals surface area contributed by atoms with E-state index in [1.54, 1.807) is 0 Å². The maximum absolute atomic E-state index is 6.08. The van der Waals surface area contributed by atoms with Gasteiger partial charge in [0.05, 0.1) is 0 Å². The van der Waals surface area contributed by atoms with Crippen LogP contribution in [0.25, 0.3) is 16.8 Å². The maximum Gasteiger partial charge on any atom is 0.189 e. The number of hydrogen-bond acceptors (Lipinski definition) is 2. The van der Waals surface area contributed by atoms with E-state index >= 15 is 0 Å². The molecule has 0 saturated carbocycles. The largest absolute Gasteiger partial charge is 0.466 e. The Bertz CT molecular complexity index is 849. The third-order valence-electron chi connectivity index (χ3n) is 3.98. The summed E-state index contributed by atoms with van der Waals surface area (Å²) in [5.41, 5.74) is 3.46. The van der Waals surface area contributed by atoms with Crippen molar-refractivity contribution in [2.75, 3.05) is 5.32 Å². The number of aryl methyl sites for hydroxylation is 1. The lowest BCUT2D eigenvalue weighted by molar-refractivity contribution is 0.274. The van der Waals surface area contributed by atoms with Crippen LogP contribution in [0.1, 0.15) is 11.1 Å². The number of anilines is 1. The van der Waals surface area contributed by atoms with Crippen molar-refractivity contribution in [3.8, 4) is 5.75 Å². The van der Waals surface area contributed by atoms with Crippen molar-refractivity contribution >= 4 is 22.5 Å². The van der Waals surface area contributed by atoms with E-state index in [0.717, 1.165) is 17.0 Å². The lowest BCUT2D eigenvalue weighted by Gasteiger charge is -2.24. The van der Waals surface area contributed by atoms with Crippen LogP contribution in [0.2, 0.25) is 0 Å². The SMILES string of the molecule is Cc1ccc(NC2C=Cc3c(ccc4ccccc34)O2)cc1. The molecule has 0 saturated heterocycles. The number of fused-ring (bicyclic) bond motifs is 3. The minimum atomic E-state index is -0.142. The van der Waals surface area contributed by atoms with E-state index < -0.39 is 0 Å². The zero-order chi connectivity index (χ0) is 14.9. The van der Waals surface area contributed by atoms with E-state index in [2.05, 4.69) is 79.0 Å². The molecule has 0 amide bonds. The van der Waals surface area contributed by atoms with E-state index in [1.165, 1.54) is 16.3 Å². The van der Waals surface area contributed by atoms with Crippen molar-refractivity contribution < 1.29 is 4.74 Å². The molecule has 2 heteroatoms. The molecule has 0 aromatic heterocycles.